The molecular weight excluding hydrogens is 320 g/mol. The van der Waals surface area contributed by atoms with Crippen molar-refractivity contribution in [3.63, 3.8) is 0 Å². The average molecular weight is 337 g/mol. The number of phenolic OH excluding ortho intramolecular Hbond substituents is 1. The lowest BCUT2D eigenvalue weighted by Crippen LogP contribution is -2.44. The molecule has 0 saturated heterocycles. The van der Waals surface area contributed by atoms with Crippen LogP contribution in [0.2, 0.25) is 0 Å². The zero-order chi connectivity index (χ0) is 12.8. The molecule has 0 aliphatic carbocycles. The number of carboxylic acids is 1. The molecular formula is C11H17BrN2O5. The number of carbonyl (C=O) groups excluding carboxylic acids is 1. The number of carboxylic acid groups (broad SMARTS) is 1. The Morgan fingerprint density at radius 3 is 2.21 bits per heavy atom. The van der Waals surface area contributed by atoms with Crippen molar-refractivity contribution in [2.45, 2.75) is 12.5 Å². The monoisotopic (exact) mass is 336 g/mol. The van der Waals surface area contributed by atoms with E-state index < -0.39 is 17.9 Å². The lowest BCUT2D eigenvalue weighted by atomic mass is 10.1. The van der Waals surface area contributed by atoms with Crippen molar-refractivity contribution in [1.29, 1.82) is 0 Å². The van der Waals surface area contributed by atoms with Crippen molar-refractivity contribution in [1.82, 2.24) is 5.32 Å². The summed E-state index contributed by atoms with van der Waals surface area (Å²) in [5, 5.41) is 20.3. The number of halogens is 1. The number of nitrogens with two attached hydrogens (primary N) is 1. The third-order valence-electron chi connectivity index (χ3n) is 2.19. The van der Waals surface area contributed by atoms with E-state index in [4.69, 9.17) is 15.9 Å². The molecule has 0 aliphatic rings. The number of benzene rings is 1. The maximum atomic E-state index is 11.0. The van der Waals surface area contributed by atoms with Crippen molar-refractivity contribution in [3.8, 4) is 5.75 Å². The zero-order valence-electron chi connectivity index (χ0n) is 10.00. The molecule has 8 heteroatoms. The van der Waals surface area contributed by atoms with E-state index in [1.165, 1.54) is 12.1 Å². The first-order valence-electron chi connectivity index (χ1n) is 5.03. The largest absolute Gasteiger partial charge is 0.508 e. The fourth-order valence-corrected chi connectivity index (χ4v) is 1.32. The van der Waals surface area contributed by atoms with Gasteiger partial charge in [-0.05, 0) is 17.7 Å². The summed E-state index contributed by atoms with van der Waals surface area (Å²) in [4.78, 5) is 21.9. The third-order valence-corrected chi connectivity index (χ3v) is 2.19. The van der Waals surface area contributed by atoms with Gasteiger partial charge in [-0.2, -0.15) is 0 Å². The first-order valence-corrected chi connectivity index (χ1v) is 5.03. The lowest BCUT2D eigenvalue weighted by Gasteiger charge is -2.13. The van der Waals surface area contributed by atoms with Crippen LogP contribution in [0.15, 0.2) is 24.3 Å². The van der Waals surface area contributed by atoms with Crippen molar-refractivity contribution in [2.75, 3.05) is 6.54 Å². The molecule has 1 aromatic carbocycles. The quantitative estimate of drug-likeness (QED) is 0.557. The zero-order valence-corrected chi connectivity index (χ0v) is 11.7. The molecule has 0 fully saturated rings. The molecule has 0 unspecified atom stereocenters. The minimum absolute atomic E-state index is 0. The molecule has 108 valence electrons. The highest BCUT2D eigenvalue weighted by molar-refractivity contribution is 8.93. The molecule has 1 aromatic rings. The minimum Gasteiger partial charge on any atom is -0.508 e. The maximum Gasteiger partial charge on any atom is 0.326 e. The van der Waals surface area contributed by atoms with Gasteiger partial charge in [0.25, 0.3) is 0 Å². The summed E-state index contributed by atoms with van der Waals surface area (Å²) in [6, 6.07) is 5.09. The van der Waals surface area contributed by atoms with Crippen LogP contribution in [0.4, 0.5) is 0 Å². The molecule has 0 bridgehead atoms. The predicted molar refractivity (Wildman–Crippen MR) is 74.4 cm³/mol. The second-order valence-electron chi connectivity index (χ2n) is 3.53. The van der Waals surface area contributed by atoms with Crippen LogP contribution in [0.25, 0.3) is 0 Å². The summed E-state index contributed by atoms with van der Waals surface area (Å²) in [6.07, 6.45) is 0.140. The number of aliphatic carboxylic acids is 1. The summed E-state index contributed by atoms with van der Waals surface area (Å²) in [5.41, 5.74) is 5.80. The molecule has 1 amide bonds. The molecule has 0 heterocycles. The van der Waals surface area contributed by atoms with E-state index in [1.54, 1.807) is 12.1 Å². The lowest BCUT2D eigenvalue weighted by molar-refractivity contribution is -0.141. The number of nitrogens with one attached hydrogen (secondary N) is 1. The Labute approximate surface area is 120 Å². The van der Waals surface area contributed by atoms with Gasteiger partial charge in [-0.25, -0.2) is 4.79 Å². The number of carbonyl (C=O) groups is 2. The van der Waals surface area contributed by atoms with Crippen molar-refractivity contribution in [3.05, 3.63) is 29.8 Å². The topological polar surface area (TPSA) is 144 Å². The number of hydrogen-bond donors (Lipinski definition) is 4. The summed E-state index contributed by atoms with van der Waals surface area (Å²) in [5.74, 6) is -1.54. The average Bonchev–Trinajstić information content (AvgIpc) is 2.30. The Morgan fingerprint density at radius 1 is 1.26 bits per heavy atom. The Bertz CT molecular complexity index is 410. The van der Waals surface area contributed by atoms with Gasteiger partial charge in [-0.3, -0.25) is 4.79 Å². The number of aromatic hydroxyl groups is 1. The molecule has 0 saturated carbocycles. The van der Waals surface area contributed by atoms with E-state index in [1.807, 2.05) is 0 Å². The summed E-state index contributed by atoms with van der Waals surface area (Å²) in [7, 11) is 0. The highest BCUT2D eigenvalue weighted by atomic mass is 79.9. The standard InChI is InChI=1S/C11H14N2O4.BrH.H2O/c12-6-10(15)13-9(11(16)17)5-7-1-3-8(14)4-2-7;;/h1-4,9,14H,5-6,12H2,(H,13,15)(H,16,17);1H;1H2/t9-;;/m0../s1. The van der Waals surface area contributed by atoms with Crippen LogP contribution < -0.4 is 11.1 Å². The Kier molecular flexibility index (Phi) is 9.65. The summed E-state index contributed by atoms with van der Waals surface area (Å²) >= 11 is 0. The first-order chi connectivity index (χ1) is 8.02. The Balaban J connectivity index is 0. The van der Waals surface area contributed by atoms with E-state index in [9.17, 15) is 9.59 Å². The van der Waals surface area contributed by atoms with Crippen LogP contribution in [0.3, 0.4) is 0 Å². The minimum atomic E-state index is -1.13. The van der Waals surface area contributed by atoms with Gasteiger partial charge in [0.2, 0.25) is 5.91 Å². The molecule has 0 aromatic heterocycles. The Morgan fingerprint density at radius 2 is 1.79 bits per heavy atom. The molecule has 7 nitrogen and oxygen atoms in total. The van der Waals surface area contributed by atoms with Gasteiger partial charge in [-0.15, -0.1) is 17.0 Å². The number of hydrogen-bond acceptors (Lipinski definition) is 4. The number of amides is 1. The number of rotatable bonds is 5. The van der Waals surface area contributed by atoms with Gasteiger partial charge in [0, 0.05) is 6.42 Å². The van der Waals surface area contributed by atoms with E-state index in [2.05, 4.69) is 5.32 Å². The van der Waals surface area contributed by atoms with E-state index in [0.717, 1.165) is 0 Å². The molecule has 7 N–H and O–H groups in total. The number of phenols is 1. The normalized spacial score (nSPS) is 10.6. The van der Waals surface area contributed by atoms with Crippen LogP contribution in [-0.4, -0.2) is 40.2 Å². The van der Waals surface area contributed by atoms with Crippen LogP contribution in [0.1, 0.15) is 5.56 Å². The first kappa shape index (κ1) is 19.7. The molecule has 1 atom stereocenters. The molecule has 1 rings (SSSR count). The van der Waals surface area contributed by atoms with Crippen LogP contribution >= 0.6 is 17.0 Å². The SMILES string of the molecule is Br.NCC(=O)N[C@@H](Cc1ccc(O)cc1)C(=O)O.O. The second-order valence-corrected chi connectivity index (χ2v) is 3.53. The molecule has 0 aliphatic heterocycles. The van der Waals surface area contributed by atoms with Gasteiger partial charge >= 0.3 is 5.97 Å². The van der Waals surface area contributed by atoms with Gasteiger partial charge in [0.05, 0.1) is 6.54 Å². The molecule has 0 radical (unpaired) electrons. The third kappa shape index (κ3) is 6.75. The van der Waals surface area contributed by atoms with Crippen LogP contribution in [0.5, 0.6) is 5.75 Å². The van der Waals surface area contributed by atoms with Gasteiger partial charge in [0.15, 0.2) is 0 Å². The highest BCUT2D eigenvalue weighted by Crippen LogP contribution is 2.11. The molecule has 0 spiro atoms. The smallest absolute Gasteiger partial charge is 0.326 e. The van der Waals surface area contributed by atoms with Crippen molar-refractivity contribution >= 4 is 28.9 Å². The fraction of sp³-hybridized carbons (Fsp3) is 0.273. The van der Waals surface area contributed by atoms with Gasteiger partial charge in [-0.1, -0.05) is 12.1 Å². The van der Waals surface area contributed by atoms with Crippen LogP contribution in [-0.2, 0) is 16.0 Å². The van der Waals surface area contributed by atoms with Crippen molar-refractivity contribution in [2.24, 2.45) is 5.73 Å². The fourth-order valence-electron chi connectivity index (χ4n) is 1.32. The molecule has 19 heavy (non-hydrogen) atoms. The van der Waals surface area contributed by atoms with E-state index in [-0.39, 0.29) is 41.2 Å². The van der Waals surface area contributed by atoms with E-state index >= 15 is 0 Å². The predicted octanol–water partition coefficient (Wildman–Crippen LogP) is -0.784. The Hall–Kier alpha value is -1.64. The summed E-state index contributed by atoms with van der Waals surface area (Å²) in [6.45, 7) is -0.251. The highest BCUT2D eigenvalue weighted by Gasteiger charge is 2.19. The second kappa shape index (κ2) is 9.31. The maximum absolute atomic E-state index is 11.0. The van der Waals surface area contributed by atoms with Gasteiger partial charge < -0.3 is 26.7 Å². The van der Waals surface area contributed by atoms with Gasteiger partial charge in [0.1, 0.15) is 11.8 Å². The van der Waals surface area contributed by atoms with Crippen molar-refractivity contribution < 1.29 is 25.3 Å². The summed E-state index contributed by atoms with van der Waals surface area (Å²) < 4.78 is 0. The van der Waals surface area contributed by atoms with E-state index in [0.29, 0.717) is 5.56 Å². The van der Waals surface area contributed by atoms with Crippen LogP contribution in [0, 0.1) is 0 Å².